The first-order valence-corrected chi connectivity index (χ1v) is 9.98. The zero-order valence-corrected chi connectivity index (χ0v) is 16.8. The van der Waals surface area contributed by atoms with E-state index in [0.717, 1.165) is 27.5 Å². The average molecular weight is 409 g/mol. The molecule has 0 bridgehead atoms. The number of rotatable bonds is 5. The van der Waals surface area contributed by atoms with Crippen LogP contribution in [0.2, 0.25) is 0 Å². The maximum absolute atomic E-state index is 11.9. The molecule has 0 fully saturated rings. The van der Waals surface area contributed by atoms with E-state index in [9.17, 15) is 4.79 Å². The molecule has 152 valence electrons. The lowest BCUT2D eigenvalue weighted by Gasteiger charge is -2.13. The normalized spacial score (nSPS) is 11.0. The standard InChI is InChI=1S/C24H19N5O2/c1-2-22(30)31-21-10-6-4-8-18(21)24-27-20-9-5-3-7-17(20)23(28-24)26-16-11-12-19-15(13-16)14-25-29-19/h3-14H,2H2,1H3,(H,25,29)(H,26,27,28). The Labute approximate surface area is 178 Å². The summed E-state index contributed by atoms with van der Waals surface area (Å²) in [5, 5.41) is 12.3. The lowest BCUT2D eigenvalue weighted by molar-refractivity contribution is -0.133. The van der Waals surface area contributed by atoms with Gasteiger partial charge in [0.25, 0.3) is 0 Å². The Morgan fingerprint density at radius 1 is 1.03 bits per heavy atom. The van der Waals surface area contributed by atoms with Crippen molar-refractivity contribution in [2.75, 3.05) is 5.32 Å². The lowest BCUT2D eigenvalue weighted by Crippen LogP contribution is -2.07. The highest BCUT2D eigenvalue weighted by molar-refractivity contribution is 5.93. The van der Waals surface area contributed by atoms with Crippen LogP contribution in [0.1, 0.15) is 13.3 Å². The summed E-state index contributed by atoms with van der Waals surface area (Å²) in [6.45, 7) is 1.76. The van der Waals surface area contributed by atoms with Crippen LogP contribution in [0.25, 0.3) is 33.2 Å². The number of para-hydroxylation sites is 2. The Morgan fingerprint density at radius 3 is 2.77 bits per heavy atom. The highest BCUT2D eigenvalue weighted by atomic mass is 16.5. The van der Waals surface area contributed by atoms with Crippen LogP contribution < -0.4 is 10.1 Å². The summed E-state index contributed by atoms with van der Waals surface area (Å²) in [7, 11) is 0. The molecule has 7 heteroatoms. The smallest absolute Gasteiger partial charge is 0.310 e. The molecule has 0 aliphatic carbocycles. The maximum Gasteiger partial charge on any atom is 0.310 e. The molecule has 31 heavy (non-hydrogen) atoms. The number of carbonyl (C=O) groups is 1. The Bertz CT molecular complexity index is 1410. The predicted octanol–water partition coefficient (Wildman–Crippen LogP) is 5.23. The lowest BCUT2D eigenvalue weighted by atomic mass is 10.1. The van der Waals surface area contributed by atoms with Gasteiger partial charge in [-0.3, -0.25) is 9.89 Å². The Balaban J connectivity index is 1.62. The van der Waals surface area contributed by atoms with Gasteiger partial charge in [-0.2, -0.15) is 5.10 Å². The summed E-state index contributed by atoms with van der Waals surface area (Å²) in [4.78, 5) is 21.4. The Morgan fingerprint density at radius 2 is 1.87 bits per heavy atom. The number of aromatic nitrogens is 4. The zero-order chi connectivity index (χ0) is 21.2. The molecule has 0 saturated carbocycles. The zero-order valence-electron chi connectivity index (χ0n) is 16.8. The Hall–Kier alpha value is -4.26. The van der Waals surface area contributed by atoms with Gasteiger partial charge in [0.1, 0.15) is 11.6 Å². The van der Waals surface area contributed by atoms with Gasteiger partial charge in [0.2, 0.25) is 0 Å². The first-order chi connectivity index (χ1) is 15.2. The third-order valence-electron chi connectivity index (χ3n) is 4.95. The van der Waals surface area contributed by atoms with Gasteiger partial charge in [-0.1, -0.05) is 31.2 Å². The summed E-state index contributed by atoms with van der Waals surface area (Å²) in [6.07, 6.45) is 2.07. The number of nitrogens with zero attached hydrogens (tertiary/aromatic N) is 3. The van der Waals surface area contributed by atoms with Crippen molar-refractivity contribution in [1.29, 1.82) is 0 Å². The molecule has 2 heterocycles. The van der Waals surface area contributed by atoms with Gasteiger partial charge < -0.3 is 10.1 Å². The maximum atomic E-state index is 11.9. The number of H-pyrrole nitrogens is 1. The van der Waals surface area contributed by atoms with Gasteiger partial charge in [0, 0.05) is 22.9 Å². The number of ether oxygens (including phenoxy) is 1. The molecule has 2 N–H and O–H groups in total. The van der Waals surface area contributed by atoms with Gasteiger partial charge in [-0.15, -0.1) is 0 Å². The van der Waals surface area contributed by atoms with Crippen molar-refractivity contribution in [2.24, 2.45) is 0 Å². The molecule has 5 rings (SSSR count). The van der Waals surface area contributed by atoms with E-state index in [2.05, 4.69) is 15.5 Å². The van der Waals surface area contributed by atoms with Crippen molar-refractivity contribution >= 4 is 39.3 Å². The third kappa shape index (κ3) is 3.69. The van der Waals surface area contributed by atoms with Crippen LogP contribution in [-0.4, -0.2) is 26.1 Å². The second-order valence-corrected chi connectivity index (χ2v) is 7.03. The molecule has 0 aliphatic heterocycles. The molecule has 0 atom stereocenters. The number of esters is 1. The van der Waals surface area contributed by atoms with Crippen LogP contribution in [0.3, 0.4) is 0 Å². The molecule has 0 radical (unpaired) electrons. The number of carbonyl (C=O) groups excluding carboxylic acids is 1. The molecule has 5 aromatic rings. The minimum atomic E-state index is -0.306. The number of hydrogen-bond donors (Lipinski definition) is 2. The summed E-state index contributed by atoms with van der Waals surface area (Å²) in [5.41, 5.74) is 3.29. The molecular formula is C24H19N5O2. The van der Waals surface area contributed by atoms with Crippen molar-refractivity contribution in [3.05, 3.63) is 72.9 Å². The quantitative estimate of drug-likeness (QED) is 0.305. The number of aromatic amines is 1. The summed E-state index contributed by atoms with van der Waals surface area (Å²) < 4.78 is 5.51. The van der Waals surface area contributed by atoms with Crippen LogP contribution in [-0.2, 0) is 4.79 Å². The summed E-state index contributed by atoms with van der Waals surface area (Å²) in [6, 6.07) is 21.0. The van der Waals surface area contributed by atoms with Crippen molar-refractivity contribution < 1.29 is 9.53 Å². The van der Waals surface area contributed by atoms with Gasteiger partial charge in [-0.25, -0.2) is 9.97 Å². The number of nitrogens with one attached hydrogen (secondary N) is 2. The number of anilines is 2. The third-order valence-corrected chi connectivity index (χ3v) is 4.95. The van der Waals surface area contributed by atoms with Crippen molar-refractivity contribution in [3.63, 3.8) is 0 Å². The molecule has 7 nitrogen and oxygen atoms in total. The number of fused-ring (bicyclic) bond motifs is 2. The molecule has 0 saturated heterocycles. The molecule has 0 spiro atoms. The topological polar surface area (TPSA) is 92.8 Å². The van der Waals surface area contributed by atoms with E-state index in [1.54, 1.807) is 19.2 Å². The molecular weight excluding hydrogens is 390 g/mol. The van der Waals surface area contributed by atoms with E-state index >= 15 is 0 Å². The molecule has 0 unspecified atom stereocenters. The highest BCUT2D eigenvalue weighted by Crippen LogP contribution is 2.32. The largest absolute Gasteiger partial charge is 0.426 e. The van der Waals surface area contributed by atoms with Crippen LogP contribution in [0.4, 0.5) is 11.5 Å². The van der Waals surface area contributed by atoms with E-state index in [1.807, 2.05) is 60.7 Å². The fourth-order valence-corrected chi connectivity index (χ4v) is 3.38. The fourth-order valence-electron chi connectivity index (χ4n) is 3.38. The first kappa shape index (κ1) is 18.7. The van der Waals surface area contributed by atoms with E-state index in [-0.39, 0.29) is 12.4 Å². The highest BCUT2D eigenvalue weighted by Gasteiger charge is 2.15. The summed E-state index contributed by atoms with van der Waals surface area (Å²) >= 11 is 0. The minimum absolute atomic E-state index is 0.288. The van der Waals surface area contributed by atoms with Crippen molar-refractivity contribution in [2.45, 2.75) is 13.3 Å². The first-order valence-electron chi connectivity index (χ1n) is 9.98. The number of hydrogen-bond acceptors (Lipinski definition) is 6. The fraction of sp³-hybridized carbons (Fsp3) is 0.0833. The molecule has 0 aliphatic rings. The van der Waals surface area contributed by atoms with Crippen molar-refractivity contribution in [3.8, 4) is 17.1 Å². The molecule has 2 aromatic heterocycles. The second-order valence-electron chi connectivity index (χ2n) is 7.03. The van der Waals surface area contributed by atoms with E-state index < -0.39 is 0 Å². The SMILES string of the molecule is CCC(=O)Oc1ccccc1-c1nc(Nc2ccc3[nH]ncc3c2)c2ccccc2n1. The Kier molecular flexibility index (Phi) is 4.76. The van der Waals surface area contributed by atoms with Gasteiger partial charge in [-0.05, 0) is 42.5 Å². The minimum Gasteiger partial charge on any atom is -0.426 e. The van der Waals surface area contributed by atoms with Gasteiger partial charge >= 0.3 is 5.97 Å². The van der Waals surface area contributed by atoms with Gasteiger partial charge in [0.15, 0.2) is 5.82 Å². The molecule has 3 aromatic carbocycles. The van der Waals surface area contributed by atoms with Crippen LogP contribution in [0, 0.1) is 0 Å². The predicted molar refractivity (Wildman–Crippen MR) is 120 cm³/mol. The van der Waals surface area contributed by atoms with Crippen LogP contribution in [0.15, 0.2) is 72.9 Å². The summed E-state index contributed by atoms with van der Waals surface area (Å²) in [5.74, 6) is 1.28. The van der Waals surface area contributed by atoms with Gasteiger partial charge in [0.05, 0.1) is 22.8 Å². The average Bonchev–Trinajstić information content (AvgIpc) is 3.27. The molecule has 0 amide bonds. The van der Waals surface area contributed by atoms with Crippen LogP contribution in [0.5, 0.6) is 5.75 Å². The monoisotopic (exact) mass is 409 g/mol. The van der Waals surface area contributed by atoms with E-state index in [1.165, 1.54) is 0 Å². The van der Waals surface area contributed by atoms with Crippen molar-refractivity contribution in [1.82, 2.24) is 20.2 Å². The second kappa shape index (κ2) is 7.87. The van der Waals surface area contributed by atoms with E-state index in [4.69, 9.17) is 14.7 Å². The van der Waals surface area contributed by atoms with E-state index in [0.29, 0.717) is 23.0 Å². The number of benzene rings is 3. The van der Waals surface area contributed by atoms with Crippen LogP contribution >= 0.6 is 0 Å².